The van der Waals surface area contributed by atoms with Crippen molar-refractivity contribution in [3.63, 3.8) is 0 Å². The van der Waals surface area contributed by atoms with Gasteiger partial charge < -0.3 is 19.5 Å². The van der Waals surface area contributed by atoms with Crippen LogP contribution in [-0.4, -0.2) is 42.1 Å². The number of hydrogen-bond acceptors (Lipinski definition) is 5. The maximum atomic E-state index is 11.2. The predicted molar refractivity (Wildman–Crippen MR) is 145 cm³/mol. The summed E-state index contributed by atoms with van der Waals surface area (Å²) in [4.78, 5) is 7.03. The number of fused-ring (bicyclic) bond motifs is 2. The normalized spacial score (nSPS) is 22.2. The third-order valence-electron chi connectivity index (χ3n) is 7.51. The Balaban J connectivity index is 1.18. The Morgan fingerprint density at radius 1 is 1.19 bits per heavy atom. The van der Waals surface area contributed by atoms with Crippen molar-refractivity contribution < 1.29 is 14.6 Å². The van der Waals surface area contributed by atoms with Gasteiger partial charge in [0.15, 0.2) is 0 Å². The minimum Gasteiger partial charge on any atom is -0.493 e. The minimum absolute atomic E-state index is 0.165. The summed E-state index contributed by atoms with van der Waals surface area (Å²) in [5, 5.41) is 11.9. The van der Waals surface area contributed by atoms with Gasteiger partial charge >= 0.3 is 0 Å². The molecule has 0 bridgehead atoms. The van der Waals surface area contributed by atoms with Gasteiger partial charge in [0.2, 0.25) is 5.90 Å². The average molecular weight is 507 g/mol. The zero-order chi connectivity index (χ0) is 25.0. The molecule has 5 nitrogen and oxygen atoms in total. The highest BCUT2D eigenvalue weighted by molar-refractivity contribution is 6.30. The minimum atomic E-state index is -0.761. The summed E-state index contributed by atoms with van der Waals surface area (Å²) in [5.74, 6) is 2.73. The maximum absolute atomic E-state index is 11.2. The van der Waals surface area contributed by atoms with Crippen LogP contribution in [0, 0.1) is 5.92 Å². The van der Waals surface area contributed by atoms with Crippen LogP contribution in [0.5, 0.6) is 11.5 Å². The molecule has 0 amide bonds. The lowest BCUT2D eigenvalue weighted by atomic mass is 9.84. The lowest BCUT2D eigenvalue weighted by molar-refractivity contribution is -0.0254. The highest BCUT2D eigenvalue weighted by Gasteiger charge is 2.34. The van der Waals surface area contributed by atoms with Crippen LogP contribution < -0.4 is 9.47 Å². The molecule has 3 heterocycles. The summed E-state index contributed by atoms with van der Waals surface area (Å²) >= 11 is 6.02. The second kappa shape index (κ2) is 11.2. The van der Waals surface area contributed by atoms with Crippen molar-refractivity contribution in [3.8, 4) is 11.5 Å². The van der Waals surface area contributed by atoms with E-state index in [-0.39, 0.29) is 5.92 Å². The summed E-state index contributed by atoms with van der Waals surface area (Å²) in [6.07, 6.45) is 11.6. The SMILES string of the molecule is CCCOc1cccc2c1CCC1C(=CCCN3CCC(O)(c4ccc(Cl)cc4)CC3)C=CN=C1O2. The van der Waals surface area contributed by atoms with Crippen LogP contribution in [0.1, 0.15) is 50.2 Å². The number of allylic oxidation sites excluding steroid dienone is 1. The number of nitrogens with zero attached hydrogens (tertiary/aromatic N) is 2. The third kappa shape index (κ3) is 5.54. The van der Waals surface area contributed by atoms with E-state index in [4.69, 9.17) is 21.1 Å². The lowest BCUT2D eigenvalue weighted by Gasteiger charge is -2.38. The second-order valence-corrected chi connectivity index (χ2v) is 10.4. The predicted octanol–water partition coefficient (Wildman–Crippen LogP) is 6.30. The topological polar surface area (TPSA) is 54.3 Å². The molecule has 2 aromatic carbocycles. The van der Waals surface area contributed by atoms with Crippen molar-refractivity contribution in [2.45, 2.75) is 51.0 Å². The smallest absolute Gasteiger partial charge is 0.202 e. The Kier molecular flexibility index (Phi) is 7.80. The highest BCUT2D eigenvalue weighted by Crippen LogP contribution is 2.38. The molecule has 3 aliphatic heterocycles. The van der Waals surface area contributed by atoms with Crippen molar-refractivity contribution in [2.75, 3.05) is 26.2 Å². The van der Waals surface area contributed by atoms with E-state index in [1.54, 1.807) is 0 Å². The molecule has 190 valence electrons. The number of likely N-dealkylation sites (tertiary alicyclic amines) is 1. The molecule has 1 unspecified atom stereocenters. The number of hydrogen-bond donors (Lipinski definition) is 1. The van der Waals surface area contributed by atoms with E-state index in [9.17, 15) is 5.11 Å². The van der Waals surface area contributed by atoms with Crippen LogP contribution in [0.2, 0.25) is 5.02 Å². The fourth-order valence-electron chi connectivity index (χ4n) is 5.39. The Labute approximate surface area is 219 Å². The molecule has 0 radical (unpaired) electrons. The number of ether oxygens (including phenoxy) is 2. The van der Waals surface area contributed by atoms with Gasteiger partial charge in [-0.05, 0) is 80.0 Å². The molecule has 0 spiro atoms. The number of rotatable bonds is 7. The molecule has 3 aliphatic rings. The molecule has 36 heavy (non-hydrogen) atoms. The van der Waals surface area contributed by atoms with Crippen molar-refractivity contribution >= 4 is 17.5 Å². The summed E-state index contributed by atoms with van der Waals surface area (Å²) in [5.41, 5.74) is 2.62. The van der Waals surface area contributed by atoms with Crippen LogP contribution >= 0.6 is 11.6 Å². The zero-order valence-electron chi connectivity index (χ0n) is 21.0. The van der Waals surface area contributed by atoms with Crippen LogP contribution in [0.3, 0.4) is 0 Å². The van der Waals surface area contributed by atoms with Crippen LogP contribution in [0.4, 0.5) is 0 Å². The molecule has 5 rings (SSSR count). The number of aliphatic imine (C=N–C) groups is 1. The van der Waals surface area contributed by atoms with E-state index in [1.165, 1.54) is 5.57 Å². The van der Waals surface area contributed by atoms with Crippen LogP contribution in [0.25, 0.3) is 0 Å². The maximum Gasteiger partial charge on any atom is 0.202 e. The number of benzene rings is 2. The van der Waals surface area contributed by atoms with Crippen LogP contribution in [0.15, 0.2) is 71.4 Å². The fraction of sp³-hybridized carbons (Fsp3) is 0.433. The van der Waals surface area contributed by atoms with E-state index in [0.29, 0.717) is 11.6 Å². The van der Waals surface area contributed by atoms with Gasteiger partial charge in [-0.2, -0.15) is 0 Å². The molecule has 1 saturated heterocycles. The van der Waals surface area contributed by atoms with E-state index in [1.807, 2.05) is 48.7 Å². The number of piperidine rings is 1. The molecule has 1 atom stereocenters. The largest absolute Gasteiger partial charge is 0.493 e. The summed E-state index contributed by atoms with van der Waals surface area (Å²) < 4.78 is 12.3. The third-order valence-corrected chi connectivity index (χ3v) is 7.76. The van der Waals surface area contributed by atoms with E-state index >= 15 is 0 Å². The summed E-state index contributed by atoms with van der Waals surface area (Å²) in [7, 11) is 0. The van der Waals surface area contributed by atoms with E-state index in [2.05, 4.69) is 29.0 Å². The summed E-state index contributed by atoms with van der Waals surface area (Å²) in [6.45, 7) is 5.57. The fourth-order valence-corrected chi connectivity index (χ4v) is 5.51. The lowest BCUT2D eigenvalue weighted by Crippen LogP contribution is -2.42. The van der Waals surface area contributed by atoms with Gasteiger partial charge in [-0.1, -0.05) is 42.8 Å². The molecule has 2 aromatic rings. The molecule has 6 heteroatoms. The second-order valence-electron chi connectivity index (χ2n) is 9.93. The molecule has 0 aromatic heterocycles. The first-order valence-corrected chi connectivity index (χ1v) is 13.5. The van der Waals surface area contributed by atoms with Crippen molar-refractivity contribution in [1.29, 1.82) is 0 Å². The van der Waals surface area contributed by atoms with Gasteiger partial charge in [-0.3, -0.25) is 0 Å². The van der Waals surface area contributed by atoms with E-state index < -0.39 is 5.60 Å². The standard InChI is InChI=1S/C30H35ClN2O3/c1-2-21-35-27-6-3-7-28-26(27)13-12-25-22(14-17-32-29(25)36-28)5-4-18-33-19-15-30(34,16-20-33)23-8-10-24(31)11-9-23/h3,5-11,14,17,25,34H,2,4,12-13,15-16,18-21H2,1H3. The van der Waals surface area contributed by atoms with Gasteiger partial charge in [0.25, 0.3) is 0 Å². The van der Waals surface area contributed by atoms with E-state index in [0.717, 1.165) is 86.7 Å². The first kappa shape index (κ1) is 25.1. The first-order chi connectivity index (χ1) is 17.6. The number of aliphatic hydroxyl groups is 1. The molecule has 1 fully saturated rings. The first-order valence-electron chi connectivity index (χ1n) is 13.1. The molecule has 1 N–H and O–H groups in total. The quantitative estimate of drug-likeness (QED) is 0.479. The van der Waals surface area contributed by atoms with Gasteiger partial charge in [0.1, 0.15) is 11.5 Å². The highest BCUT2D eigenvalue weighted by atomic mass is 35.5. The number of halogens is 1. The monoisotopic (exact) mass is 506 g/mol. The molecule has 0 saturated carbocycles. The Morgan fingerprint density at radius 2 is 2.00 bits per heavy atom. The van der Waals surface area contributed by atoms with Gasteiger partial charge in [0.05, 0.1) is 18.1 Å². The Hall–Kier alpha value is -2.60. The Morgan fingerprint density at radius 3 is 2.78 bits per heavy atom. The summed E-state index contributed by atoms with van der Waals surface area (Å²) in [6, 6.07) is 13.7. The van der Waals surface area contributed by atoms with Crippen molar-refractivity contribution in [3.05, 3.63) is 82.5 Å². The molecule has 0 aliphatic carbocycles. The molecular weight excluding hydrogens is 472 g/mol. The Bertz CT molecular complexity index is 1150. The van der Waals surface area contributed by atoms with Crippen molar-refractivity contribution in [2.24, 2.45) is 10.9 Å². The van der Waals surface area contributed by atoms with Gasteiger partial charge in [0, 0.05) is 36.4 Å². The molecular formula is C30H35ClN2O3. The van der Waals surface area contributed by atoms with Gasteiger partial charge in [-0.25, -0.2) is 4.99 Å². The van der Waals surface area contributed by atoms with Gasteiger partial charge in [-0.15, -0.1) is 0 Å². The zero-order valence-corrected chi connectivity index (χ0v) is 21.7. The van der Waals surface area contributed by atoms with Crippen molar-refractivity contribution in [1.82, 2.24) is 4.90 Å². The van der Waals surface area contributed by atoms with Crippen LogP contribution in [-0.2, 0) is 12.0 Å². The average Bonchev–Trinajstić information content (AvgIpc) is 3.09.